The maximum atomic E-state index is 12.3. The van der Waals surface area contributed by atoms with Gasteiger partial charge in [-0.25, -0.2) is 4.98 Å². The normalized spacial score (nSPS) is 10.4. The van der Waals surface area contributed by atoms with Crippen LogP contribution in [-0.2, 0) is 6.54 Å². The minimum Gasteiger partial charge on any atom is -0.481 e. The van der Waals surface area contributed by atoms with Gasteiger partial charge in [0.25, 0.3) is 5.91 Å². The Morgan fingerprint density at radius 1 is 1.48 bits per heavy atom. The molecule has 0 bridgehead atoms. The van der Waals surface area contributed by atoms with E-state index in [0.29, 0.717) is 17.9 Å². The van der Waals surface area contributed by atoms with Crippen molar-refractivity contribution in [1.82, 2.24) is 14.5 Å². The van der Waals surface area contributed by atoms with Crippen LogP contribution in [0.2, 0.25) is 5.15 Å². The van der Waals surface area contributed by atoms with Crippen LogP contribution in [0.15, 0.2) is 18.3 Å². The highest BCUT2D eigenvalue weighted by Gasteiger charge is 2.15. The number of hydrogen-bond donors (Lipinski definition) is 2. The fourth-order valence-corrected chi connectivity index (χ4v) is 2.05. The molecule has 21 heavy (non-hydrogen) atoms. The molecule has 112 valence electrons. The Bertz CT molecular complexity index is 656. The van der Waals surface area contributed by atoms with Crippen LogP contribution in [0.4, 0.5) is 11.6 Å². The quantitative estimate of drug-likeness (QED) is 0.825. The molecule has 8 heteroatoms. The first-order valence-electron chi connectivity index (χ1n) is 6.39. The van der Waals surface area contributed by atoms with Crippen molar-refractivity contribution in [1.29, 1.82) is 0 Å². The van der Waals surface area contributed by atoms with E-state index in [0.717, 1.165) is 6.42 Å². The zero-order valence-electron chi connectivity index (χ0n) is 11.8. The van der Waals surface area contributed by atoms with E-state index in [2.05, 4.69) is 15.3 Å². The average molecular weight is 310 g/mol. The van der Waals surface area contributed by atoms with Crippen LogP contribution in [-0.4, -0.2) is 27.6 Å². The molecule has 3 N–H and O–H groups in total. The Hall–Kier alpha value is -2.28. The summed E-state index contributed by atoms with van der Waals surface area (Å²) in [5, 5.41) is 2.77. The fourth-order valence-electron chi connectivity index (χ4n) is 1.87. The van der Waals surface area contributed by atoms with Crippen LogP contribution in [0.25, 0.3) is 0 Å². The average Bonchev–Trinajstić information content (AvgIpc) is 2.79. The lowest BCUT2D eigenvalue weighted by Gasteiger charge is -2.08. The molecule has 0 atom stereocenters. The van der Waals surface area contributed by atoms with Gasteiger partial charge in [-0.3, -0.25) is 10.1 Å². The van der Waals surface area contributed by atoms with Crippen molar-refractivity contribution < 1.29 is 9.53 Å². The number of rotatable bonds is 5. The summed E-state index contributed by atoms with van der Waals surface area (Å²) in [5.74, 6) is -0.00889. The van der Waals surface area contributed by atoms with Crippen molar-refractivity contribution in [3.05, 3.63) is 29.2 Å². The van der Waals surface area contributed by atoms with Crippen LogP contribution in [0.1, 0.15) is 23.8 Å². The molecule has 0 spiro atoms. The van der Waals surface area contributed by atoms with Crippen LogP contribution in [0, 0.1) is 0 Å². The van der Waals surface area contributed by atoms with E-state index in [1.807, 2.05) is 6.92 Å². The molecule has 2 rings (SSSR count). The number of methoxy groups -OCH3 is 1. The highest BCUT2D eigenvalue weighted by atomic mass is 35.5. The lowest BCUT2D eigenvalue weighted by molar-refractivity contribution is 0.101. The number of nitrogen functional groups attached to an aromatic ring is 1. The van der Waals surface area contributed by atoms with Crippen molar-refractivity contribution in [2.75, 3.05) is 18.2 Å². The number of ether oxygens (including phenoxy) is 1. The molecule has 0 unspecified atom stereocenters. The molecule has 2 aromatic rings. The Kier molecular flexibility index (Phi) is 4.64. The number of halogens is 1. The van der Waals surface area contributed by atoms with E-state index in [1.165, 1.54) is 13.2 Å². The van der Waals surface area contributed by atoms with Gasteiger partial charge in [0, 0.05) is 18.8 Å². The first-order valence-corrected chi connectivity index (χ1v) is 6.77. The van der Waals surface area contributed by atoms with Gasteiger partial charge >= 0.3 is 0 Å². The number of anilines is 2. The van der Waals surface area contributed by atoms with Crippen molar-refractivity contribution >= 4 is 29.1 Å². The van der Waals surface area contributed by atoms with Crippen LogP contribution < -0.4 is 15.8 Å². The third-order valence-electron chi connectivity index (χ3n) is 2.72. The number of amides is 1. The Balaban J connectivity index is 2.23. The lowest BCUT2D eigenvalue weighted by atomic mass is 10.3. The van der Waals surface area contributed by atoms with E-state index in [-0.39, 0.29) is 22.9 Å². The second kappa shape index (κ2) is 6.45. The second-order valence-corrected chi connectivity index (χ2v) is 4.75. The van der Waals surface area contributed by atoms with Gasteiger partial charge in [-0.15, -0.1) is 0 Å². The summed E-state index contributed by atoms with van der Waals surface area (Å²) >= 11 is 5.84. The van der Waals surface area contributed by atoms with Crippen LogP contribution in [0.3, 0.4) is 0 Å². The molecule has 0 radical (unpaired) electrons. The molecule has 0 saturated heterocycles. The number of carbonyl (C=O) groups excluding carboxylic acids is 1. The van der Waals surface area contributed by atoms with Gasteiger partial charge < -0.3 is 15.0 Å². The highest BCUT2D eigenvalue weighted by molar-refractivity contribution is 6.29. The number of nitrogens with two attached hydrogens (primary N) is 1. The smallest absolute Gasteiger partial charge is 0.274 e. The van der Waals surface area contributed by atoms with E-state index in [9.17, 15) is 4.79 Å². The number of hydrogen-bond acceptors (Lipinski definition) is 5. The number of nitrogens with one attached hydrogen (secondary N) is 1. The maximum absolute atomic E-state index is 12.3. The minimum atomic E-state index is -0.357. The van der Waals surface area contributed by atoms with Gasteiger partial charge in [-0.05, 0) is 12.5 Å². The molecule has 0 saturated carbocycles. The van der Waals surface area contributed by atoms with Gasteiger partial charge in [0.2, 0.25) is 11.8 Å². The Morgan fingerprint density at radius 2 is 2.24 bits per heavy atom. The topological polar surface area (TPSA) is 95.1 Å². The van der Waals surface area contributed by atoms with E-state index < -0.39 is 0 Å². The fraction of sp³-hybridized carbons (Fsp3) is 0.308. The van der Waals surface area contributed by atoms with Crippen molar-refractivity contribution in [2.24, 2.45) is 0 Å². The molecule has 1 amide bonds. The third-order valence-corrected chi connectivity index (χ3v) is 2.91. The summed E-state index contributed by atoms with van der Waals surface area (Å²) in [4.78, 5) is 20.2. The number of aromatic nitrogens is 3. The first kappa shape index (κ1) is 15.1. The molecule has 0 aromatic carbocycles. The summed E-state index contributed by atoms with van der Waals surface area (Å²) in [6.45, 7) is 2.71. The van der Waals surface area contributed by atoms with Crippen LogP contribution in [0.5, 0.6) is 5.88 Å². The second-order valence-electron chi connectivity index (χ2n) is 4.36. The SMILES string of the molecule is CCCn1cc(N)cc1C(=O)Nc1nc(Cl)cc(OC)n1. The molecule has 7 nitrogen and oxygen atoms in total. The molecule has 0 aliphatic rings. The number of aryl methyl sites for hydroxylation is 1. The van der Waals surface area contributed by atoms with Gasteiger partial charge in [-0.1, -0.05) is 18.5 Å². The molecule has 0 fully saturated rings. The predicted octanol–water partition coefficient (Wildman–Crippen LogP) is 2.18. The summed E-state index contributed by atoms with van der Waals surface area (Å²) in [7, 11) is 1.46. The predicted molar refractivity (Wildman–Crippen MR) is 80.7 cm³/mol. The Labute approximate surface area is 127 Å². The largest absolute Gasteiger partial charge is 0.481 e. The zero-order valence-corrected chi connectivity index (χ0v) is 12.5. The third kappa shape index (κ3) is 3.63. The van der Waals surface area contributed by atoms with Crippen molar-refractivity contribution in [3.8, 4) is 5.88 Å². The molecular weight excluding hydrogens is 294 g/mol. The summed E-state index contributed by atoms with van der Waals surface area (Å²) in [6, 6.07) is 3.06. The van der Waals surface area contributed by atoms with E-state index in [1.54, 1.807) is 16.8 Å². The molecule has 2 heterocycles. The van der Waals surface area contributed by atoms with E-state index >= 15 is 0 Å². The maximum Gasteiger partial charge on any atom is 0.274 e. The molecular formula is C13H16ClN5O2. The van der Waals surface area contributed by atoms with Gasteiger partial charge in [-0.2, -0.15) is 4.98 Å². The van der Waals surface area contributed by atoms with Crippen molar-refractivity contribution in [3.63, 3.8) is 0 Å². The van der Waals surface area contributed by atoms with Crippen molar-refractivity contribution in [2.45, 2.75) is 19.9 Å². The summed E-state index contributed by atoms with van der Waals surface area (Å²) < 4.78 is 6.76. The number of carbonyl (C=O) groups is 1. The van der Waals surface area contributed by atoms with Gasteiger partial charge in [0.1, 0.15) is 10.8 Å². The molecule has 0 aliphatic heterocycles. The van der Waals surface area contributed by atoms with E-state index in [4.69, 9.17) is 22.1 Å². The standard InChI is InChI=1S/C13H16ClN5O2/c1-3-4-19-7-8(15)5-9(19)12(20)18-13-16-10(14)6-11(17-13)21-2/h5-7H,3-4,15H2,1-2H3,(H,16,17,18,20). The molecule has 0 aliphatic carbocycles. The van der Waals surface area contributed by atoms with Crippen LogP contribution >= 0.6 is 11.6 Å². The van der Waals surface area contributed by atoms with Gasteiger partial charge in [0.15, 0.2) is 0 Å². The number of nitrogens with zero attached hydrogens (tertiary/aromatic N) is 3. The Morgan fingerprint density at radius 3 is 2.90 bits per heavy atom. The van der Waals surface area contributed by atoms with Gasteiger partial charge in [0.05, 0.1) is 12.8 Å². The zero-order chi connectivity index (χ0) is 15.4. The first-order chi connectivity index (χ1) is 10.0. The minimum absolute atomic E-state index is 0.0761. The summed E-state index contributed by atoms with van der Waals surface area (Å²) in [5.41, 5.74) is 6.71. The lowest BCUT2D eigenvalue weighted by Crippen LogP contribution is -2.18. The summed E-state index contributed by atoms with van der Waals surface area (Å²) in [6.07, 6.45) is 2.60. The highest BCUT2D eigenvalue weighted by Crippen LogP contribution is 2.17. The monoisotopic (exact) mass is 309 g/mol. The molecule has 2 aromatic heterocycles.